The fourth-order valence-corrected chi connectivity index (χ4v) is 2.63. The largest absolute Gasteiger partial charge is 0.299 e. The molecule has 2 aliphatic rings. The van der Waals surface area contributed by atoms with Gasteiger partial charge in [-0.25, -0.2) is 0 Å². The van der Waals surface area contributed by atoms with Crippen LogP contribution in [0.15, 0.2) is 0 Å². The molecule has 1 unspecified atom stereocenters. The monoisotopic (exact) mass is 233 g/mol. The van der Waals surface area contributed by atoms with Crippen molar-refractivity contribution in [2.75, 3.05) is 13.1 Å². The molecule has 2 rings (SSSR count). The summed E-state index contributed by atoms with van der Waals surface area (Å²) in [5, 5.41) is 0. The predicted octanol–water partition coefficient (Wildman–Crippen LogP) is 3.69. The summed E-state index contributed by atoms with van der Waals surface area (Å²) >= 11 is 0. The van der Waals surface area contributed by atoms with Gasteiger partial charge in [0.25, 0.3) is 0 Å². The van der Waals surface area contributed by atoms with Crippen LogP contribution in [0.5, 0.6) is 0 Å². The molecule has 0 N–H and O–H groups in total. The Morgan fingerprint density at radius 3 is 2.47 bits per heavy atom. The second-order valence-corrected chi connectivity index (χ2v) is 6.89. The molecule has 96 valence electrons. The Morgan fingerprint density at radius 1 is 1.12 bits per heavy atom. The van der Waals surface area contributed by atoms with E-state index in [1.54, 1.807) is 0 Å². The zero-order chi connectivity index (χ0) is 12.3. The lowest BCUT2D eigenvalue weighted by molar-refractivity contribution is 0.214. The first-order chi connectivity index (χ1) is 8.06. The molecule has 2 fully saturated rings. The molecule has 1 saturated heterocycles. The van der Waals surface area contributed by atoms with Crippen LogP contribution >= 0.6 is 0 Å². The van der Waals surface area contributed by atoms with Gasteiger partial charge in [-0.2, -0.15) is 0 Å². The maximum absolute atomic E-state index is 3.48. The van der Waals surface area contributed by atoms with Gasteiger partial charge >= 0.3 is 0 Å². The second-order valence-electron chi connectivity index (χ2n) is 6.89. The zero-order valence-electron chi connectivity index (χ0n) is 11.8. The fourth-order valence-electron chi connectivity index (χ4n) is 2.63. The van der Waals surface area contributed by atoms with Crippen molar-refractivity contribution in [1.82, 2.24) is 4.90 Å². The SMILES string of the molecule is CC(C)(C)CCC#CC1C[C@@H]1N1CCCCC1. The molecule has 17 heavy (non-hydrogen) atoms. The minimum Gasteiger partial charge on any atom is -0.299 e. The van der Waals surface area contributed by atoms with E-state index < -0.39 is 0 Å². The zero-order valence-corrected chi connectivity index (χ0v) is 11.8. The summed E-state index contributed by atoms with van der Waals surface area (Å²) in [6.07, 6.45) is 7.88. The van der Waals surface area contributed by atoms with Crippen molar-refractivity contribution in [1.29, 1.82) is 0 Å². The number of piperidine rings is 1. The molecule has 0 spiro atoms. The topological polar surface area (TPSA) is 3.24 Å². The van der Waals surface area contributed by atoms with E-state index in [9.17, 15) is 0 Å². The average molecular weight is 233 g/mol. The Kier molecular flexibility index (Phi) is 4.15. The highest BCUT2D eigenvalue weighted by Crippen LogP contribution is 2.36. The van der Waals surface area contributed by atoms with Crippen molar-refractivity contribution < 1.29 is 0 Å². The van der Waals surface area contributed by atoms with E-state index in [1.165, 1.54) is 45.2 Å². The number of likely N-dealkylation sites (tertiary alicyclic amines) is 1. The molecule has 1 heteroatoms. The molecular formula is C16H27N. The standard InChI is InChI=1S/C16H27N/c1-16(2,3)10-6-5-9-14-13-15(14)17-11-7-4-8-12-17/h14-15H,4,6-8,10-13H2,1-3H3/t14?,15-/m0/s1. The minimum absolute atomic E-state index is 0.435. The predicted molar refractivity (Wildman–Crippen MR) is 73.8 cm³/mol. The van der Waals surface area contributed by atoms with Gasteiger partial charge in [0.05, 0.1) is 0 Å². The van der Waals surface area contributed by atoms with E-state index in [-0.39, 0.29) is 0 Å². The van der Waals surface area contributed by atoms with Gasteiger partial charge < -0.3 is 0 Å². The molecule has 0 bridgehead atoms. The second kappa shape index (κ2) is 5.44. The number of nitrogens with zero attached hydrogens (tertiary/aromatic N) is 1. The summed E-state index contributed by atoms with van der Waals surface area (Å²) in [4.78, 5) is 2.67. The van der Waals surface area contributed by atoms with E-state index in [0.29, 0.717) is 11.3 Å². The van der Waals surface area contributed by atoms with Gasteiger partial charge in [0, 0.05) is 18.4 Å². The summed E-state index contributed by atoms with van der Waals surface area (Å²) < 4.78 is 0. The van der Waals surface area contributed by atoms with Crippen molar-refractivity contribution >= 4 is 0 Å². The summed E-state index contributed by atoms with van der Waals surface area (Å²) in [5.41, 5.74) is 0.435. The van der Waals surface area contributed by atoms with Crippen molar-refractivity contribution in [3.8, 4) is 11.8 Å². The van der Waals surface area contributed by atoms with Crippen LogP contribution in [0.2, 0.25) is 0 Å². The lowest BCUT2D eigenvalue weighted by atomic mass is 9.91. The highest BCUT2D eigenvalue weighted by molar-refractivity contribution is 5.16. The number of hydrogen-bond acceptors (Lipinski definition) is 1. The lowest BCUT2D eigenvalue weighted by Crippen LogP contribution is -2.32. The smallest absolute Gasteiger partial charge is 0.0374 e. The summed E-state index contributed by atoms with van der Waals surface area (Å²) in [6, 6.07) is 0.817. The molecule has 0 aromatic rings. The molecule has 1 aliphatic carbocycles. The molecule has 0 aromatic heterocycles. The summed E-state index contributed by atoms with van der Waals surface area (Å²) in [5.74, 6) is 7.58. The van der Waals surface area contributed by atoms with Gasteiger partial charge in [-0.3, -0.25) is 4.90 Å². The quantitative estimate of drug-likeness (QED) is 0.658. The van der Waals surface area contributed by atoms with Crippen LogP contribution < -0.4 is 0 Å². The van der Waals surface area contributed by atoms with Gasteiger partial charge in [-0.15, -0.1) is 5.92 Å². The normalized spacial score (nSPS) is 29.6. The van der Waals surface area contributed by atoms with E-state index >= 15 is 0 Å². The molecule has 0 amide bonds. The maximum Gasteiger partial charge on any atom is 0.0374 e. The van der Waals surface area contributed by atoms with Crippen LogP contribution in [0.25, 0.3) is 0 Å². The highest BCUT2D eigenvalue weighted by atomic mass is 15.2. The van der Waals surface area contributed by atoms with Crippen LogP contribution in [-0.2, 0) is 0 Å². The van der Waals surface area contributed by atoms with E-state index in [2.05, 4.69) is 37.5 Å². The summed E-state index contributed by atoms with van der Waals surface area (Å²) in [7, 11) is 0. The molecule has 1 aliphatic heterocycles. The Hall–Kier alpha value is -0.480. The minimum atomic E-state index is 0.435. The van der Waals surface area contributed by atoms with Crippen LogP contribution in [0.1, 0.15) is 59.3 Å². The molecule has 0 radical (unpaired) electrons. The van der Waals surface area contributed by atoms with Crippen LogP contribution in [0, 0.1) is 23.2 Å². The van der Waals surface area contributed by atoms with Gasteiger partial charge in [0.2, 0.25) is 0 Å². The van der Waals surface area contributed by atoms with Crippen molar-refractivity contribution in [3.63, 3.8) is 0 Å². The first-order valence-corrected chi connectivity index (χ1v) is 7.29. The van der Waals surface area contributed by atoms with Crippen molar-refractivity contribution in [2.45, 2.75) is 65.3 Å². The molecule has 1 nitrogen and oxygen atoms in total. The number of hydrogen-bond donors (Lipinski definition) is 0. The third-order valence-electron chi connectivity index (χ3n) is 3.90. The fraction of sp³-hybridized carbons (Fsp3) is 0.875. The Bertz CT molecular complexity index is 296. The maximum atomic E-state index is 3.48. The van der Waals surface area contributed by atoms with Gasteiger partial charge in [0.1, 0.15) is 0 Å². The Labute approximate surface area is 107 Å². The third kappa shape index (κ3) is 4.36. The highest BCUT2D eigenvalue weighted by Gasteiger charge is 2.40. The third-order valence-corrected chi connectivity index (χ3v) is 3.90. The molecule has 1 saturated carbocycles. The molecular weight excluding hydrogens is 206 g/mol. The lowest BCUT2D eigenvalue weighted by Gasteiger charge is -2.26. The summed E-state index contributed by atoms with van der Waals surface area (Å²) in [6.45, 7) is 9.53. The van der Waals surface area contributed by atoms with Gasteiger partial charge in [-0.1, -0.05) is 33.1 Å². The van der Waals surface area contributed by atoms with Gasteiger partial charge in [0.15, 0.2) is 0 Å². The first-order valence-electron chi connectivity index (χ1n) is 7.29. The van der Waals surface area contributed by atoms with Gasteiger partial charge in [-0.05, 0) is 44.2 Å². The first kappa shape index (κ1) is 13.0. The van der Waals surface area contributed by atoms with E-state index in [1.807, 2.05) is 0 Å². The van der Waals surface area contributed by atoms with Crippen molar-refractivity contribution in [2.24, 2.45) is 11.3 Å². The van der Waals surface area contributed by atoms with E-state index in [4.69, 9.17) is 0 Å². The van der Waals surface area contributed by atoms with Crippen LogP contribution in [0.3, 0.4) is 0 Å². The molecule has 1 heterocycles. The Balaban J connectivity index is 1.67. The molecule has 0 aromatic carbocycles. The van der Waals surface area contributed by atoms with Crippen molar-refractivity contribution in [3.05, 3.63) is 0 Å². The van der Waals surface area contributed by atoms with Crippen LogP contribution in [0.4, 0.5) is 0 Å². The van der Waals surface area contributed by atoms with E-state index in [0.717, 1.165) is 12.5 Å². The number of rotatable bonds is 2. The molecule has 2 atom stereocenters. The average Bonchev–Trinajstić information content (AvgIpc) is 3.04. The van der Waals surface area contributed by atoms with Crippen LogP contribution in [-0.4, -0.2) is 24.0 Å². The Morgan fingerprint density at radius 2 is 1.82 bits per heavy atom.